The average molecular weight is 477 g/mol. The number of carbonyl (C=O) groups excluding carboxylic acids is 1. The van der Waals surface area contributed by atoms with Crippen LogP contribution < -0.4 is 9.47 Å². The highest BCUT2D eigenvalue weighted by Gasteiger charge is 2.36. The zero-order valence-electron chi connectivity index (χ0n) is 20.8. The number of fused-ring (bicyclic) bond motifs is 1. The SMILES string of the molecule is C=CCCC1CCC2CC(c3ccc(C(=O)Oc4ccc(OC/C=C/C)cc4)cc3F)CCC2C1. The summed E-state index contributed by atoms with van der Waals surface area (Å²) in [5, 5.41) is 0. The summed E-state index contributed by atoms with van der Waals surface area (Å²) in [6.07, 6.45) is 15.4. The first kappa shape index (κ1) is 25.2. The Morgan fingerprint density at radius 1 is 1.03 bits per heavy atom. The summed E-state index contributed by atoms with van der Waals surface area (Å²) >= 11 is 0. The molecule has 2 saturated carbocycles. The van der Waals surface area contributed by atoms with Gasteiger partial charge in [0.15, 0.2) is 0 Å². The summed E-state index contributed by atoms with van der Waals surface area (Å²) in [4.78, 5) is 12.6. The number of hydrogen-bond donors (Lipinski definition) is 0. The van der Waals surface area contributed by atoms with Gasteiger partial charge in [-0.3, -0.25) is 0 Å². The zero-order valence-corrected chi connectivity index (χ0v) is 20.8. The maximum atomic E-state index is 15.1. The number of hydrogen-bond acceptors (Lipinski definition) is 3. The monoisotopic (exact) mass is 476 g/mol. The minimum Gasteiger partial charge on any atom is -0.490 e. The number of halogens is 1. The van der Waals surface area contributed by atoms with Gasteiger partial charge in [0.1, 0.15) is 23.9 Å². The van der Waals surface area contributed by atoms with Crippen LogP contribution in [-0.2, 0) is 0 Å². The van der Waals surface area contributed by atoms with Crippen LogP contribution in [0.5, 0.6) is 11.5 Å². The molecule has 2 fully saturated rings. The molecule has 0 saturated heterocycles. The van der Waals surface area contributed by atoms with E-state index in [-0.39, 0.29) is 17.3 Å². The van der Waals surface area contributed by atoms with Crippen LogP contribution >= 0.6 is 0 Å². The molecule has 4 rings (SSSR count). The van der Waals surface area contributed by atoms with Crippen molar-refractivity contribution >= 4 is 5.97 Å². The molecule has 3 nitrogen and oxygen atoms in total. The third-order valence-corrected chi connectivity index (χ3v) is 7.79. The Bertz CT molecular complexity index is 1030. The summed E-state index contributed by atoms with van der Waals surface area (Å²) < 4.78 is 26.1. The van der Waals surface area contributed by atoms with Crippen LogP contribution in [0.25, 0.3) is 0 Å². The van der Waals surface area contributed by atoms with E-state index < -0.39 is 5.97 Å². The van der Waals surface area contributed by atoms with Gasteiger partial charge < -0.3 is 9.47 Å². The van der Waals surface area contributed by atoms with Gasteiger partial charge in [-0.25, -0.2) is 9.18 Å². The maximum absolute atomic E-state index is 15.1. The highest BCUT2D eigenvalue weighted by atomic mass is 19.1. The highest BCUT2D eigenvalue weighted by Crippen LogP contribution is 2.48. The molecule has 0 spiro atoms. The Morgan fingerprint density at radius 3 is 2.51 bits per heavy atom. The van der Waals surface area contributed by atoms with Crippen LogP contribution in [0.4, 0.5) is 4.39 Å². The fraction of sp³-hybridized carbons (Fsp3) is 0.452. The second kappa shape index (κ2) is 12.2. The zero-order chi connectivity index (χ0) is 24.6. The predicted octanol–water partition coefficient (Wildman–Crippen LogP) is 8.27. The molecule has 0 N–H and O–H groups in total. The van der Waals surface area contributed by atoms with Gasteiger partial charge in [0, 0.05) is 0 Å². The van der Waals surface area contributed by atoms with Crippen molar-refractivity contribution < 1.29 is 18.7 Å². The van der Waals surface area contributed by atoms with Crippen molar-refractivity contribution in [3.63, 3.8) is 0 Å². The van der Waals surface area contributed by atoms with Crippen LogP contribution in [0.1, 0.15) is 80.1 Å². The van der Waals surface area contributed by atoms with Gasteiger partial charge >= 0.3 is 5.97 Å². The molecular formula is C31H37FO3. The fourth-order valence-corrected chi connectivity index (χ4v) is 5.88. The molecular weight excluding hydrogens is 439 g/mol. The lowest BCUT2D eigenvalue weighted by Crippen LogP contribution is -2.30. The molecule has 0 amide bonds. The van der Waals surface area contributed by atoms with Gasteiger partial charge in [0.25, 0.3) is 0 Å². The summed E-state index contributed by atoms with van der Waals surface area (Å²) in [7, 11) is 0. The molecule has 0 bridgehead atoms. The largest absolute Gasteiger partial charge is 0.490 e. The lowest BCUT2D eigenvalue weighted by atomic mass is 9.63. The molecule has 0 aliphatic heterocycles. The van der Waals surface area contributed by atoms with Crippen LogP contribution in [0.3, 0.4) is 0 Å². The van der Waals surface area contributed by atoms with Gasteiger partial charge in [-0.1, -0.05) is 30.7 Å². The van der Waals surface area contributed by atoms with E-state index in [1.165, 1.54) is 38.2 Å². The minimum absolute atomic E-state index is 0.232. The third kappa shape index (κ3) is 6.62. The van der Waals surface area contributed by atoms with Crippen molar-refractivity contribution in [1.82, 2.24) is 0 Å². The van der Waals surface area contributed by atoms with Crippen molar-refractivity contribution in [3.8, 4) is 11.5 Å². The third-order valence-electron chi connectivity index (χ3n) is 7.79. The molecule has 35 heavy (non-hydrogen) atoms. The van der Waals surface area contributed by atoms with Crippen molar-refractivity contribution in [2.45, 2.75) is 64.2 Å². The van der Waals surface area contributed by atoms with E-state index in [0.29, 0.717) is 24.0 Å². The molecule has 2 aliphatic carbocycles. The molecule has 2 aromatic rings. The quantitative estimate of drug-likeness (QED) is 0.208. The van der Waals surface area contributed by atoms with E-state index in [1.807, 2.05) is 25.2 Å². The van der Waals surface area contributed by atoms with E-state index >= 15 is 4.39 Å². The molecule has 0 radical (unpaired) electrons. The Morgan fingerprint density at radius 2 is 1.77 bits per heavy atom. The highest BCUT2D eigenvalue weighted by molar-refractivity contribution is 5.91. The van der Waals surface area contributed by atoms with Gasteiger partial charge in [-0.15, -0.1) is 6.58 Å². The molecule has 2 aliphatic rings. The first-order valence-electron chi connectivity index (χ1n) is 13.0. The number of rotatable bonds is 9. The normalized spacial score (nSPS) is 24.1. The van der Waals surface area contributed by atoms with E-state index in [2.05, 4.69) is 6.58 Å². The summed E-state index contributed by atoms with van der Waals surface area (Å²) in [6.45, 7) is 6.28. The first-order valence-corrected chi connectivity index (χ1v) is 13.0. The molecule has 0 heterocycles. The van der Waals surface area contributed by atoms with Crippen LogP contribution in [0, 0.1) is 23.6 Å². The van der Waals surface area contributed by atoms with Crippen molar-refractivity contribution in [2.24, 2.45) is 17.8 Å². The second-order valence-electron chi connectivity index (χ2n) is 10.1. The van der Waals surface area contributed by atoms with Gasteiger partial charge in [0.2, 0.25) is 0 Å². The number of benzene rings is 2. The van der Waals surface area contributed by atoms with E-state index in [0.717, 1.165) is 36.7 Å². The van der Waals surface area contributed by atoms with Gasteiger partial charge in [0.05, 0.1) is 5.56 Å². The standard InChI is InChI=1S/C31H37FO3/c1-3-5-7-22-8-9-24-20-25(11-10-23(24)19-22)29-17-12-26(21-30(29)32)31(33)35-28-15-13-27(14-16-28)34-18-6-4-2/h3-4,6,12-17,21-25H,1,5,7-11,18-20H2,2H3/b6-4+. The Kier molecular flexibility index (Phi) is 8.79. The van der Waals surface area contributed by atoms with Crippen molar-refractivity contribution in [3.05, 3.63) is 84.2 Å². The number of allylic oxidation sites excluding steroid dienone is 2. The molecule has 4 atom stereocenters. The van der Waals surface area contributed by atoms with Crippen molar-refractivity contribution in [1.29, 1.82) is 0 Å². The predicted molar refractivity (Wildman–Crippen MR) is 138 cm³/mol. The lowest BCUT2D eigenvalue weighted by Gasteiger charge is -2.42. The Hall–Kier alpha value is -2.88. The molecule has 2 aromatic carbocycles. The van der Waals surface area contributed by atoms with Crippen molar-refractivity contribution in [2.75, 3.05) is 6.61 Å². The maximum Gasteiger partial charge on any atom is 0.343 e. The Balaban J connectivity index is 1.33. The number of ether oxygens (including phenoxy) is 2. The van der Waals surface area contributed by atoms with Gasteiger partial charge in [-0.05, 0) is 118 Å². The summed E-state index contributed by atoms with van der Waals surface area (Å²) in [6, 6.07) is 11.7. The van der Waals surface area contributed by atoms with E-state index in [9.17, 15) is 4.79 Å². The molecule has 4 unspecified atom stereocenters. The fourth-order valence-electron chi connectivity index (χ4n) is 5.88. The summed E-state index contributed by atoms with van der Waals surface area (Å²) in [5.41, 5.74) is 0.979. The number of carbonyl (C=O) groups is 1. The average Bonchev–Trinajstić information content (AvgIpc) is 2.88. The van der Waals surface area contributed by atoms with E-state index in [1.54, 1.807) is 36.4 Å². The summed E-state index contributed by atoms with van der Waals surface area (Å²) in [5.74, 6) is 2.79. The van der Waals surface area contributed by atoms with Crippen LogP contribution in [0.15, 0.2) is 67.3 Å². The van der Waals surface area contributed by atoms with Gasteiger partial charge in [-0.2, -0.15) is 0 Å². The van der Waals surface area contributed by atoms with Crippen LogP contribution in [-0.4, -0.2) is 12.6 Å². The van der Waals surface area contributed by atoms with E-state index in [4.69, 9.17) is 9.47 Å². The minimum atomic E-state index is -0.556. The molecule has 4 heteroatoms. The first-order chi connectivity index (χ1) is 17.1. The van der Waals surface area contributed by atoms with Crippen LogP contribution in [0.2, 0.25) is 0 Å². The molecule has 186 valence electrons. The Labute approximate surface area is 209 Å². The smallest absolute Gasteiger partial charge is 0.343 e. The second-order valence-corrected chi connectivity index (χ2v) is 10.1. The number of esters is 1. The molecule has 0 aromatic heterocycles. The topological polar surface area (TPSA) is 35.5 Å². The lowest BCUT2D eigenvalue weighted by molar-refractivity contribution is 0.0734.